The average Bonchev–Trinajstić information content (AvgIpc) is 2.82. The third-order valence-corrected chi connectivity index (χ3v) is 5.33. The van der Waals surface area contributed by atoms with Crippen LogP contribution in [-0.2, 0) is 19.5 Å². The molecule has 0 radical (unpaired) electrons. The Hall–Kier alpha value is -3.87. The van der Waals surface area contributed by atoms with Crippen molar-refractivity contribution in [2.24, 2.45) is 0 Å². The normalized spacial score (nSPS) is 12.9. The number of ether oxygens (including phenoxy) is 1. The van der Waals surface area contributed by atoms with Crippen LogP contribution >= 0.6 is 0 Å². The van der Waals surface area contributed by atoms with Crippen LogP contribution in [0.2, 0.25) is 0 Å². The maximum absolute atomic E-state index is 13.0. The molecule has 2 aromatic carbocycles. The van der Waals surface area contributed by atoms with Gasteiger partial charge in [-0.1, -0.05) is 24.0 Å². The molecule has 0 saturated carbocycles. The van der Waals surface area contributed by atoms with Crippen LogP contribution in [-0.4, -0.2) is 34.7 Å². The Morgan fingerprint density at radius 2 is 1.84 bits per heavy atom. The summed E-state index contributed by atoms with van der Waals surface area (Å²) in [6.07, 6.45) is 2.37. The number of fused-ring (bicyclic) bond motifs is 1. The Labute approximate surface area is 181 Å². The molecule has 0 N–H and O–H groups in total. The maximum atomic E-state index is 13.0. The molecule has 6 heteroatoms. The van der Waals surface area contributed by atoms with Gasteiger partial charge in [-0.15, -0.1) is 0 Å². The predicted molar refractivity (Wildman–Crippen MR) is 118 cm³/mol. The first kappa shape index (κ1) is 20.4. The zero-order valence-corrected chi connectivity index (χ0v) is 17.3. The molecule has 0 atom stereocenters. The SMILES string of the molecule is COc1ccc(C#CCN2CCc3ncn(Cc4ccc(C#N)cc4)c(=O)c3C2)cc1. The van der Waals surface area contributed by atoms with E-state index < -0.39 is 0 Å². The quantitative estimate of drug-likeness (QED) is 0.619. The number of nitrogens with zero attached hydrogens (tertiary/aromatic N) is 4. The van der Waals surface area contributed by atoms with E-state index in [4.69, 9.17) is 10.00 Å². The first-order chi connectivity index (χ1) is 15.2. The van der Waals surface area contributed by atoms with Gasteiger partial charge in [-0.2, -0.15) is 5.26 Å². The summed E-state index contributed by atoms with van der Waals surface area (Å²) < 4.78 is 6.80. The van der Waals surface area contributed by atoms with Crippen LogP contribution < -0.4 is 10.3 Å². The molecule has 1 aliphatic heterocycles. The van der Waals surface area contributed by atoms with E-state index in [1.165, 1.54) is 0 Å². The zero-order valence-electron chi connectivity index (χ0n) is 17.3. The molecule has 1 aromatic heterocycles. The van der Waals surface area contributed by atoms with Crippen LogP contribution in [0.15, 0.2) is 59.7 Å². The highest BCUT2D eigenvalue weighted by atomic mass is 16.5. The Morgan fingerprint density at radius 1 is 1.10 bits per heavy atom. The van der Waals surface area contributed by atoms with Gasteiger partial charge in [-0.25, -0.2) is 4.98 Å². The molecule has 4 rings (SSSR count). The molecule has 0 fully saturated rings. The van der Waals surface area contributed by atoms with Gasteiger partial charge in [0.1, 0.15) is 5.75 Å². The van der Waals surface area contributed by atoms with E-state index in [1.807, 2.05) is 36.4 Å². The molecule has 0 bridgehead atoms. The van der Waals surface area contributed by atoms with Gasteiger partial charge in [0.25, 0.3) is 5.56 Å². The summed E-state index contributed by atoms with van der Waals surface area (Å²) in [4.78, 5) is 19.7. The summed E-state index contributed by atoms with van der Waals surface area (Å²) in [5.74, 6) is 7.18. The first-order valence-corrected chi connectivity index (χ1v) is 10.1. The second-order valence-electron chi connectivity index (χ2n) is 7.40. The van der Waals surface area contributed by atoms with Crippen LogP contribution in [0, 0.1) is 23.2 Å². The Bertz CT molecular complexity index is 1230. The second kappa shape index (κ2) is 9.30. The molecule has 1 aliphatic rings. The van der Waals surface area contributed by atoms with Crippen molar-refractivity contribution in [1.29, 1.82) is 5.26 Å². The maximum Gasteiger partial charge on any atom is 0.258 e. The summed E-state index contributed by atoms with van der Waals surface area (Å²) in [6.45, 7) is 2.40. The van der Waals surface area contributed by atoms with Gasteiger partial charge < -0.3 is 4.74 Å². The number of benzene rings is 2. The minimum absolute atomic E-state index is 0.0119. The Morgan fingerprint density at radius 3 is 2.55 bits per heavy atom. The molecule has 31 heavy (non-hydrogen) atoms. The fourth-order valence-electron chi connectivity index (χ4n) is 3.56. The third kappa shape index (κ3) is 4.83. The number of nitriles is 1. The first-order valence-electron chi connectivity index (χ1n) is 10.1. The van der Waals surface area contributed by atoms with Crippen molar-refractivity contribution in [3.8, 4) is 23.7 Å². The van der Waals surface area contributed by atoms with E-state index in [0.29, 0.717) is 25.2 Å². The average molecular weight is 410 g/mol. The fraction of sp³-hybridized carbons (Fsp3) is 0.240. The summed E-state index contributed by atoms with van der Waals surface area (Å²) in [7, 11) is 1.64. The zero-order chi connectivity index (χ0) is 21.6. The Balaban J connectivity index is 1.45. The van der Waals surface area contributed by atoms with Crippen molar-refractivity contribution < 1.29 is 4.74 Å². The van der Waals surface area contributed by atoms with Crippen molar-refractivity contribution in [3.05, 3.63) is 93.2 Å². The van der Waals surface area contributed by atoms with Crippen molar-refractivity contribution in [2.75, 3.05) is 20.2 Å². The topological polar surface area (TPSA) is 71.2 Å². The van der Waals surface area contributed by atoms with E-state index in [-0.39, 0.29) is 5.56 Å². The predicted octanol–water partition coefficient (Wildman–Crippen LogP) is 2.58. The highest BCUT2D eigenvalue weighted by Gasteiger charge is 2.20. The van der Waals surface area contributed by atoms with Gasteiger partial charge in [0.05, 0.1) is 49.4 Å². The highest BCUT2D eigenvalue weighted by molar-refractivity contribution is 5.38. The molecule has 2 heterocycles. The van der Waals surface area contributed by atoms with Gasteiger partial charge in [-0.05, 0) is 42.0 Å². The molecule has 0 amide bonds. The molecule has 3 aromatic rings. The van der Waals surface area contributed by atoms with Crippen LogP contribution in [0.5, 0.6) is 5.75 Å². The number of methoxy groups -OCH3 is 1. The fourth-order valence-corrected chi connectivity index (χ4v) is 3.56. The lowest BCUT2D eigenvalue weighted by Crippen LogP contribution is -2.38. The van der Waals surface area contributed by atoms with E-state index in [0.717, 1.165) is 41.1 Å². The molecule has 0 unspecified atom stereocenters. The van der Waals surface area contributed by atoms with Gasteiger partial charge in [-0.3, -0.25) is 14.3 Å². The molecular formula is C25H22N4O2. The summed E-state index contributed by atoms with van der Waals surface area (Å²) >= 11 is 0. The van der Waals surface area contributed by atoms with Crippen molar-refractivity contribution >= 4 is 0 Å². The lowest BCUT2D eigenvalue weighted by molar-refractivity contribution is 0.280. The number of hydrogen-bond donors (Lipinski definition) is 0. The number of hydrogen-bond acceptors (Lipinski definition) is 5. The number of aromatic nitrogens is 2. The Kier molecular flexibility index (Phi) is 6.12. The van der Waals surface area contributed by atoms with E-state index in [2.05, 4.69) is 27.8 Å². The van der Waals surface area contributed by atoms with Crippen molar-refractivity contribution in [3.63, 3.8) is 0 Å². The van der Waals surface area contributed by atoms with Crippen LogP contribution in [0.3, 0.4) is 0 Å². The minimum atomic E-state index is -0.0119. The van der Waals surface area contributed by atoms with E-state index in [1.54, 1.807) is 30.1 Å². The summed E-state index contributed by atoms with van der Waals surface area (Å²) in [5, 5.41) is 8.93. The summed E-state index contributed by atoms with van der Waals surface area (Å²) in [5.41, 5.74) is 4.10. The second-order valence-corrected chi connectivity index (χ2v) is 7.40. The van der Waals surface area contributed by atoms with Crippen LogP contribution in [0.4, 0.5) is 0 Å². The highest BCUT2D eigenvalue weighted by Crippen LogP contribution is 2.14. The van der Waals surface area contributed by atoms with E-state index in [9.17, 15) is 4.79 Å². The lowest BCUT2D eigenvalue weighted by Gasteiger charge is -2.26. The van der Waals surface area contributed by atoms with E-state index >= 15 is 0 Å². The van der Waals surface area contributed by atoms with Gasteiger partial charge in [0, 0.05) is 25.1 Å². The largest absolute Gasteiger partial charge is 0.497 e. The summed E-state index contributed by atoms with van der Waals surface area (Å²) in [6, 6.07) is 17.0. The molecule has 154 valence electrons. The smallest absolute Gasteiger partial charge is 0.258 e. The number of rotatable bonds is 4. The molecule has 0 spiro atoms. The molecular weight excluding hydrogens is 388 g/mol. The van der Waals surface area contributed by atoms with Gasteiger partial charge in [0.15, 0.2) is 0 Å². The molecule has 6 nitrogen and oxygen atoms in total. The minimum Gasteiger partial charge on any atom is -0.497 e. The van der Waals surface area contributed by atoms with Crippen LogP contribution in [0.1, 0.15) is 27.9 Å². The molecule has 0 saturated heterocycles. The van der Waals surface area contributed by atoms with Crippen molar-refractivity contribution in [1.82, 2.24) is 14.5 Å². The van der Waals surface area contributed by atoms with Gasteiger partial charge in [0.2, 0.25) is 0 Å². The van der Waals surface area contributed by atoms with Crippen molar-refractivity contribution in [2.45, 2.75) is 19.5 Å². The lowest BCUT2D eigenvalue weighted by atomic mass is 10.1. The third-order valence-electron chi connectivity index (χ3n) is 5.33. The standard InChI is InChI=1S/C25H22N4O2/c1-31-22-10-8-19(9-11-22)3-2-13-28-14-12-24-23(17-28)25(30)29(18-27-24)16-21-6-4-20(15-26)5-7-21/h4-11,18H,12-14,16-17H2,1H3. The van der Waals surface area contributed by atoms with Gasteiger partial charge >= 0.3 is 0 Å². The molecule has 0 aliphatic carbocycles. The monoisotopic (exact) mass is 410 g/mol. The van der Waals surface area contributed by atoms with Crippen LogP contribution in [0.25, 0.3) is 0 Å².